The van der Waals surface area contributed by atoms with Crippen LogP contribution in [-0.2, 0) is 22.3 Å². The van der Waals surface area contributed by atoms with Crippen LogP contribution < -0.4 is 4.74 Å². The summed E-state index contributed by atoms with van der Waals surface area (Å²) in [6.45, 7) is 1.62. The van der Waals surface area contributed by atoms with E-state index in [2.05, 4.69) is 9.88 Å². The number of carbonyl (C=O) groups is 3. The molecule has 0 spiro atoms. The van der Waals surface area contributed by atoms with E-state index >= 15 is 0 Å². The SMILES string of the molecule is O=C1c2ccc(O[C@@H]3CCCC[C@@H]3N3CC(c4ccc(C(F)(F)F)nc4)C3)cc2CN1N1C(=O)CCCC1=O. The third-order valence-electron chi connectivity index (χ3n) is 8.24. The van der Waals surface area contributed by atoms with Crippen LogP contribution in [0.3, 0.4) is 0 Å². The number of hydrogen-bond donors (Lipinski definition) is 0. The van der Waals surface area contributed by atoms with E-state index in [9.17, 15) is 27.6 Å². The van der Waals surface area contributed by atoms with Gasteiger partial charge in [-0.2, -0.15) is 18.2 Å². The van der Waals surface area contributed by atoms with Gasteiger partial charge in [-0.15, -0.1) is 0 Å². The summed E-state index contributed by atoms with van der Waals surface area (Å²) in [5.41, 5.74) is 1.11. The van der Waals surface area contributed by atoms with Gasteiger partial charge in [0, 0.05) is 49.7 Å². The zero-order valence-electron chi connectivity index (χ0n) is 21.3. The number of rotatable bonds is 5. The van der Waals surface area contributed by atoms with E-state index < -0.39 is 11.9 Å². The molecule has 1 aromatic carbocycles. The summed E-state index contributed by atoms with van der Waals surface area (Å²) in [4.78, 5) is 43.6. The highest BCUT2D eigenvalue weighted by atomic mass is 19.4. The summed E-state index contributed by atoms with van der Waals surface area (Å²) in [5.74, 6) is -0.289. The molecular weight excluding hydrogens is 513 g/mol. The molecule has 1 saturated carbocycles. The minimum Gasteiger partial charge on any atom is -0.489 e. The van der Waals surface area contributed by atoms with Crippen molar-refractivity contribution in [2.45, 2.75) is 75.7 Å². The van der Waals surface area contributed by atoms with Crippen molar-refractivity contribution in [2.75, 3.05) is 13.1 Å². The molecule has 39 heavy (non-hydrogen) atoms. The maximum Gasteiger partial charge on any atom is 0.433 e. The fourth-order valence-corrected chi connectivity index (χ4v) is 6.14. The Morgan fingerprint density at radius 3 is 2.36 bits per heavy atom. The molecule has 0 unspecified atom stereocenters. The van der Waals surface area contributed by atoms with Crippen molar-refractivity contribution in [1.29, 1.82) is 0 Å². The highest BCUT2D eigenvalue weighted by molar-refractivity contribution is 6.04. The Labute approximate surface area is 223 Å². The molecule has 206 valence electrons. The smallest absolute Gasteiger partial charge is 0.433 e. The third kappa shape index (κ3) is 4.88. The number of amides is 3. The van der Waals surface area contributed by atoms with Crippen LogP contribution in [0.15, 0.2) is 36.5 Å². The minimum atomic E-state index is -4.44. The average molecular weight is 543 g/mol. The van der Waals surface area contributed by atoms with Crippen molar-refractivity contribution < 1.29 is 32.3 Å². The molecule has 0 bridgehead atoms. The molecule has 2 saturated heterocycles. The van der Waals surface area contributed by atoms with Gasteiger partial charge in [-0.1, -0.05) is 12.5 Å². The van der Waals surface area contributed by atoms with Gasteiger partial charge in [0.2, 0.25) is 11.8 Å². The molecule has 1 aliphatic carbocycles. The van der Waals surface area contributed by atoms with Crippen LogP contribution in [0.1, 0.15) is 78.0 Å². The van der Waals surface area contributed by atoms with E-state index in [0.717, 1.165) is 61.0 Å². The van der Waals surface area contributed by atoms with Crippen LogP contribution in [0, 0.1) is 0 Å². The Balaban J connectivity index is 1.11. The fourth-order valence-electron chi connectivity index (χ4n) is 6.14. The van der Waals surface area contributed by atoms with Gasteiger partial charge in [0.15, 0.2) is 0 Å². The van der Waals surface area contributed by atoms with Crippen LogP contribution >= 0.6 is 0 Å². The van der Waals surface area contributed by atoms with Crippen LogP contribution in [0.4, 0.5) is 13.2 Å². The van der Waals surface area contributed by atoms with Crippen LogP contribution in [-0.4, -0.2) is 62.9 Å². The predicted molar refractivity (Wildman–Crippen MR) is 132 cm³/mol. The summed E-state index contributed by atoms with van der Waals surface area (Å²) in [5, 5.41) is 2.23. The van der Waals surface area contributed by atoms with E-state index in [-0.39, 0.29) is 55.2 Å². The van der Waals surface area contributed by atoms with Gasteiger partial charge in [-0.05, 0) is 61.1 Å². The van der Waals surface area contributed by atoms with Crippen molar-refractivity contribution in [3.05, 3.63) is 58.9 Å². The largest absolute Gasteiger partial charge is 0.489 e. The molecule has 3 aliphatic heterocycles. The van der Waals surface area contributed by atoms with E-state index in [1.165, 1.54) is 17.3 Å². The Morgan fingerprint density at radius 1 is 0.923 bits per heavy atom. The first-order valence-electron chi connectivity index (χ1n) is 13.4. The van der Waals surface area contributed by atoms with E-state index in [1.807, 2.05) is 6.07 Å². The first-order chi connectivity index (χ1) is 18.7. The maximum absolute atomic E-state index is 13.0. The zero-order valence-corrected chi connectivity index (χ0v) is 21.3. The number of pyridine rings is 1. The molecule has 0 radical (unpaired) electrons. The Morgan fingerprint density at radius 2 is 1.67 bits per heavy atom. The van der Waals surface area contributed by atoms with Gasteiger partial charge in [-0.3, -0.25) is 24.3 Å². The summed E-state index contributed by atoms with van der Waals surface area (Å²) in [6, 6.07) is 8.03. The summed E-state index contributed by atoms with van der Waals surface area (Å²) in [7, 11) is 0. The van der Waals surface area contributed by atoms with Crippen molar-refractivity contribution >= 4 is 17.7 Å². The number of piperidine rings is 1. The highest BCUT2D eigenvalue weighted by Gasteiger charge is 2.41. The van der Waals surface area contributed by atoms with Crippen molar-refractivity contribution in [2.24, 2.45) is 0 Å². The van der Waals surface area contributed by atoms with Gasteiger partial charge in [-0.25, -0.2) is 5.01 Å². The van der Waals surface area contributed by atoms with Gasteiger partial charge in [0.25, 0.3) is 5.91 Å². The highest BCUT2D eigenvalue weighted by Crippen LogP contribution is 2.37. The van der Waals surface area contributed by atoms with E-state index in [0.29, 0.717) is 17.7 Å². The molecule has 8 nitrogen and oxygen atoms in total. The number of alkyl halides is 3. The lowest BCUT2D eigenvalue weighted by Gasteiger charge is -2.48. The molecule has 2 atom stereocenters. The number of fused-ring (bicyclic) bond motifs is 1. The van der Waals surface area contributed by atoms with Gasteiger partial charge in [0.1, 0.15) is 17.5 Å². The molecule has 4 heterocycles. The molecule has 1 aromatic heterocycles. The lowest BCUT2D eigenvalue weighted by molar-refractivity contribution is -0.163. The number of halogens is 3. The molecule has 2 aromatic rings. The quantitative estimate of drug-likeness (QED) is 0.524. The number of benzene rings is 1. The molecule has 3 fully saturated rings. The normalized spacial score (nSPS) is 24.6. The number of aromatic nitrogens is 1. The van der Waals surface area contributed by atoms with Crippen LogP contribution in [0.2, 0.25) is 0 Å². The predicted octanol–water partition coefficient (Wildman–Crippen LogP) is 4.30. The standard InChI is InChI=1S/C28H29F3N4O4/c29-28(30,31)24-11-8-17(13-32-24)19-14-33(15-19)22-4-1-2-5-23(22)39-20-9-10-21-18(12-20)16-34(27(21)38)35-25(36)6-3-7-26(35)37/h8-13,19,22-23H,1-7,14-16H2/t22-,23+/m0/s1. The molecule has 0 N–H and O–H groups in total. The van der Waals surface area contributed by atoms with Crippen LogP contribution in [0.25, 0.3) is 0 Å². The van der Waals surface area contributed by atoms with Gasteiger partial charge in [0.05, 0.1) is 6.54 Å². The molecule has 11 heteroatoms. The van der Waals surface area contributed by atoms with Crippen molar-refractivity contribution in [1.82, 2.24) is 19.9 Å². The lowest BCUT2D eigenvalue weighted by Crippen LogP contribution is -2.57. The first kappa shape index (κ1) is 25.8. The number of nitrogens with zero attached hydrogens (tertiary/aromatic N) is 4. The summed E-state index contributed by atoms with van der Waals surface area (Å²) >= 11 is 0. The Hall–Kier alpha value is -3.47. The lowest BCUT2D eigenvalue weighted by atomic mass is 9.84. The van der Waals surface area contributed by atoms with Crippen LogP contribution in [0.5, 0.6) is 5.75 Å². The second-order valence-corrected chi connectivity index (χ2v) is 10.8. The molecular formula is C28H29F3N4O4. The molecule has 6 rings (SSSR count). The summed E-state index contributed by atoms with van der Waals surface area (Å²) in [6.07, 6.45) is 1.81. The van der Waals surface area contributed by atoms with Gasteiger partial charge < -0.3 is 4.74 Å². The fraction of sp³-hybridized carbons (Fsp3) is 0.500. The number of hydrazine groups is 1. The number of imide groups is 1. The zero-order chi connectivity index (χ0) is 27.3. The third-order valence-corrected chi connectivity index (χ3v) is 8.24. The second kappa shape index (κ2) is 9.93. The van der Waals surface area contributed by atoms with Gasteiger partial charge >= 0.3 is 6.18 Å². The Bertz CT molecular complexity index is 1280. The number of likely N-dealkylation sites (tertiary alicyclic amines) is 1. The minimum absolute atomic E-state index is 0.0538. The maximum atomic E-state index is 13.0. The molecule has 4 aliphatic rings. The van der Waals surface area contributed by atoms with Crippen molar-refractivity contribution in [3.8, 4) is 5.75 Å². The van der Waals surface area contributed by atoms with E-state index in [4.69, 9.17) is 4.74 Å². The summed E-state index contributed by atoms with van der Waals surface area (Å²) < 4.78 is 45.0. The number of ether oxygens (including phenoxy) is 1. The first-order valence-corrected chi connectivity index (χ1v) is 13.4. The Kier molecular flexibility index (Phi) is 6.57. The number of carbonyl (C=O) groups excluding carboxylic acids is 3. The van der Waals surface area contributed by atoms with Crippen molar-refractivity contribution in [3.63, 3.8) is 0 Å². The molecule has 3 amide bonds. The monoisotopic (exact) mass is 542 g/mol. The second-order valence-electron chi connectivity index (χ2n) is 10.8. The average Bonchev–Trinajstić information content (AvgIpc) is 3.19. The topological polar surface area (TPSA) is 83.1 Å². The number of hydrogen-bond acceptors (Lipinski definition) is 6. The van der Waals surface area contributed by atoms with E-state index in [1.54, 1.807) is 12.1 Å².